The number of para-hydroxylation sites is 1. The van der Waals surface area contributed by atoms with Crippen molar-refractivity contribution in [2.45, 2.75) is 32.9 Å². The van der Waals surface area contributed by atoms with Gasteiger partial charge in [0.05, 0.1) is 12.2 Å². The van der Waals surface area contributed by atoms with Gasteiger partial charge in [-0.25, -0.2) is 0 Å². The van der Waals surface area contributed by atoms with Gasteiger partial charge in [0.25, 0.3) is 0 Å². The second-order valence-electron chi connectivity index (χ2n) is 5.65. The summed E-state index contributed by atoms with van der Waals surface area (Å²) in [5.41, 5.74) is 5.21. The van der Waals surface area contributed by atoms with Crippen molar-refractivity contribution >= 4 is 5.69 Å². The highest BCUT2D eigenvalue weighted by Crippen LogP contribution is 2.34. The van der Waals surface area contributed by atoms with Crippen molar-refractivity contribution in [1.29, 1.82) is 0 Å². The number of aromatic nitrogens is 1. The monoisotopic (exact) mass is 281 g/mol. The molecule has 1 atom stereocenters. The van der Waals surface area contributed by atoms with Crippen LogP contribution in [0.5, 0.6) is 0 Å². The topological polar surface area (TPSA) is 28.2 Å². The molecule has 1 N–H and O–H groups in total. The van der Waals surface area contributed by atoms with E-state index in [1.54, 1.807) is 0 Å². The highest BCUT2D eigenvalue weighted by atomic mass is 15.2. The molecule has 2 aromatic rings. The van der Waals surface area contributed by atoms with Crippen molar-refractivity contribution in [3.05, 3.63) is 59.4 Å². The van der Waals surface area contributed by atoms with Crippen LogP contribution in [-0.4, -0.2) is 18.1 Å². The summed E-state index contributed by atoms with van der Waals surface area (Å²) in [4.78, 5) is 7.00. The van der Waals surface area contributed by atoms with Gasteiger partial charge >= 0.3 is 0 Å². The Morgan fingerprint density at radius 1 is 1.24 bits per heavy atom. The molecule has 1 aliphatic heterocycles. The molecule has 0 aliphatic carbocycles. The minimum absolute atomic E-state index is 0.479. The first-order valence-electron chi connectivity index (χ1n) is 7.77. The molecule has 0 spiro atoms. The predicted octanol–water partition coefficient (Wildman–Crippen LogP) is 3.45. The fourth-order valence-electron chi connectivity index (χ4n) is 3.12. The zero-order chi connectivity index (χ0) is 14.7. The van der Waals surface area contributed by atoms with Crippen molar-refractivity contribution in [2.24, 2.45) is 0 Å². The van der Waals surface area contributed by atoms with Gasteiger partial charge in [0, 0.05) is 24.5 Å². The molecule has 21 heavy (non-hydrogen) atoms. The minimum Gasteiger partial charge on any atom is -0.365 e. The molecule has 1 unspecified atom stereocenters. The Bertz CT molecular complexity index is 609. The first-order chi connectivity index (χ1) is 10.3. The normalized spacial score (nSPS) is 17.6. The number of hydrogen-bond acceptors (Lipinski definition) is 3. The lowest BCUT2D eigenvalue weighted by Crippen LogP contribution is -2.35. The molecular weight excluding hydrogens is 258 g/mol. The third-order valence-corrected chi connectivity index (χ3v) is 4.25. The summed E-state index contributed by atoms with van der Waals surface area (Å²) < 4.78 is 0. The van der Waals surface area contributed by atoms with Crippen LogP contribution < -0.4 is 10.2 Å². The smallest absolute Gasteiger partial charge is 0.0626 e. The molecule has 0 amide bonds. The van der Waals surface area contributed by atoms with Crippen molar-refractivity contribution in [1.82, 2.24) is 10.3 Å². The molecule has 0 bridgehead atoms. The van der Waals surface area contributed by atoms with Crippen LogP contribution in [0.25, 0.3) is 0 Å². The zero-order valence-corrected chi connectivity index (χ0v) is 12.8. The first-order valence-corrected chi connectivity index (χ1v) is 7.77. The van der Waals surface area contributed by atoms with E-state index in [-0.39, 0.29) is 0 Å². The van der Waals surface area contributed by atoms with E-state index >= 15 is 0 Å². The van der Waals surface area contributed by atoms with Crippen LogP contribution in [0.2, 0.25) is 0 Å². The molecule has 2 heterocycles. The second kappa shape index (κ2) is 6.27. The van der Waals surface area contributed by atoms with Gasteiger partial charge in [0.1, 0.15) is 0 Å². The fraction of sp³-hybridized carbons (Fsp3) is 0.389. The minimum atomic E-state index is 0.479. The van der Waals surface area contributed by atoms with E-state index in [2.05, 4.69) is 59.4 Å². The first kappa shape index (κ1) is 14.1. The fourth-order valence-corrected chi connectivity index (χ4v) is 3.12. The molecule has 3 nitrogen and oxygen atoms in total. The van der Waals surface area contributed by atoms with Gasteiger partial charge in [-0.1, -0.05) is 31.2 Å². The molecule has 0 fully saturated rings. The lowest BCUT2D eigenvalue weighted by atomic mass is 9.96. The van der Waals surface area contributed by atoms with E-state index in [1.807, 2.05) is 12.3 Å². The van der Waals surface area contributed by atoms with Gasteiger partial charge in [-0.2, -0.15) is 0 Å². The third kappa shape index (κ3) is 2.93. The van der Waals surface area contributed by atoms with Crippen LogP contribution in [0.15, 0.2) is 42.6 Å². The molecule has 0 radical (unpaired) electrons. The molecule has 0 saturated carbocycles. The van der Waals surface area contributed by atoms with Crippen LogP contribution >= 0.6 is 0 Å². The van der Waals surface area contributed by atoms with Gasteiger partial charge < -0.3 is 10.2 Å². The quantitative estimate of drug-likeness (QED) is 0.930. The summed E-state index contributed by atoms with van der Waals surface area (Å²) in [7, 11) is 0. The molecule has 0 saturated heterocycles. The molecular formula is C18H23N3. The number of aryl methyl sites for hydroxylation is 1. The Labute approximate surface area is 127 Å². The second-order valence-corrected chi connectivity index (χ2v) is 5.65. The number of hydrogen-bond donors (Lipinski definition) is 1. The van der Waals surface area contributed by atoms with E-state index in [4.69, 9.17) is 0 Å². The number of nitrogens with one attached hydrogen (secondary N) is 1. The van der Waals surface area contributed by atoms with Crippen LogP contribution in [0.1, 0.15) is 36.2 Å². The van der Waals surface area contributed by atoms with E-state index < -0.39 is 0 Å². The molecule has 1 aromatic heterocycles. The van der Waals surface area contributed by atoms with Crippen LogP contribution in [0.3, 0.4) is 0 Å². The summed E-state index contributed by atoms with van der Waals surface area (Å²) in [6, 6.07) is 13.4. The van der Waals surface area contributed by atoms with Gasteiger partial charge in [-0.15, -0.1) is 0 Å². The third-order valence-electron chi connectivity index (χ3n) is 4.25. The van der Waals surface area contributed by atoms with Crippen molar-refractivity contribution in [2.75, 3.05) is 18.0 Å². The molecule has 3 heteroatoms. The largest absolute Gasteiger partial charge is 0.365 e. The summed E-state index contributed by atoms with van der Waals surface area (Å²) >= 11 is 0. The predicted molar refractivity (Wildman–Crippen MR) is 87.5 cm³/mol. The summed E-state index contributed by atoms with van der Waals surface area (Å²) in [6.45, 7) is 7.29. The Morgan fingerprint density at radius 2 is 2.10 bits per heavy atom. The van der Waals surface area contributed by atoms with E-state index in [0.29, 0.717) is 6.04 Å². The number of pyridine rings is 1. The number of rotatable bonds is 4. The Balaban J connectivity index is 1.88. The van der Waals surface area contributed by atoms with Crippen molar-refractivity contribution in [3.63, 3.8) is 0 Å². The maximum absolute atomic E-state index is 4.54. The average molecular weight is 281 g/mol. The molecule has 110 valence electrons. The lowest BCUT2D eigenvalue weighted by molar-refractivity contribution is 0.488. The van der Waals surface area contributed by atoms with E-state index in [9.17, 15) is 0 Å². The SMILES string of the molecule is CCNC1CCN(Cc2ncccc2C)c2ccccc21. The molecule has 1 aromatic carbocycles. The number of fused-ring (bicyclic) bond motifs is 1. The van der Waals surface area contributed by atoms with Gasteiger partial charge in [0.15, 0.2) is 0 Å². The number of nitrogens with zero attached hydrogens (tertiary/aromatic N) is 2. The van der Waals surface area contributed by atoms with Crippen LogP contribution in [0.4, 0.5) is 5.69 Å². The van der Waals surface area contributed by atoms with E-state index in [0.717, 1.165) is 26.1 Å². The van der Waals surface area contributed by atoms with Gasteiger partial charge in [0.2, 0.25) is 0 Å². The highest BCUT2D eigenvalue weighted by molar-refractivity contribution is 5.57. The number of benzene rings is 1. The summed E-state index contributed by atoms with van der Waals surface area (Å²) in [6.07, 6.45) is 3.04. The van der Waals surface area contributed by atoms with Crippen LogP contribution in [-0.2, 0) is 6.54 Å². The van der Waals surface area contributed by atoms with Gasteiger partial charge in [-0.3, -0.25) is 4.98 Å². The average Bonchev–Trinajstić information content (AvgIpc) is 2.52. The van der Waals surface area contributed by atoms with E-state index in [1.165, 1.54) is 22.5 Å². The zero-order valence-electron chi connectivity index (χ0n) is 12.8. The standard InChI is InChI=1S/C18H23N3/c1-3-19-16-10-12-21(18-9-5-4-8-15(16)18)13-17-14(2)7-6-11-20-17/h4-9,11,16,19H,3,10,12-13H2,1-2H3. The summed E-state index contributed by atoms with van der Waals surface area (Å²) in [5.74, 6) is 0. The van der Waals surface area contributed by atoms with Crippen molar-refractivity contribution < 1.29 is 0 Å². The highest BCUT2D eigenvalue weighted by Gasteiger charge is 2.24. The van der Waals surface area contributed by atoms with Crippen LogP contribution in [0, 0.1) is 6.92 Å². The Hall–Kier alpha value is -1.87. The van der Waals surface area contributed by atoms with Crippen molar-refractivity contribution in [3.8, 4) is 0 Å². The molecule has 1 aliphatic rings. The van der Waals surface area contributed by atoms with Gasteiger partial charge in [-0.05, 0) is 43.1 Å². The molecule has 3 rings (SSSR count). The summed E-state index contributed by atoms with van der Waals surface area (Å²) in [5, 5.41) is 3.59. The Kier molecular flexibility index (Phi) is 4.20. The Morgan fingerprint density at radius 3 is 2.90 bits per heavy atom. The number of anilines is 1. The lowest BCUT2D eigenvalue weighted by Gasteiger charge is -2.36. The maximum Gasteiger partial charge on any atom is 0.0626 e. The maximum atomic E-state index is 4.54.